The molecular formula is C21H27N7O2. The normalized spacial score (nSPS) is 22.9. The molecule has 0 saturated heterocycles. The predicted molar refractivity (Wildman–Crippen MR) is 111 cm³/mol. The molecule has 2 N–H and O–H groups in total. The number of carbonyl (C=O) groups is 1. The molecule has 0 amide bonds. The number of rotatable bonds is 5. The van der Waals surface area contributed by atoms with Crippen molar-refractivity contribution in [1.82, 2.24) is 29.4 Å². The van der Waals surface area contributed by atoms with Crippen LogP contribution in [0.1, 0.15) is 75.4 Å². The molecule has 2 saturated carbocycles. The molecule has 30 heavy (non-hydrogen) atoms. The fourth-order valence-corrected chi connectivity index (χ4v) is 4.85. The number of carboxylic acid groups (broad SMARTS) is 1. The first kappa shape index (κ1) is 19.0. The van der Waals surface area contributed by atoms with Gasteiger partial charge in [0, 0.05) is 12.1 Å². The SMILES string of the molecule is O=C(O)[C@H]1CC[C@@H](n2cc(Nc3nc(C4CCCCC4)cn4ncnc34)cn2)CC1. The van der Waals surface area contributed by atoms with Crippen LogP contribution < -0.4 is 5.32 Å². The molecule has 2 fully saturated rings. The van der Waals surface area contributed by atoms with E-state index in [1.807, 2.05) is 17.1 Å². The van der Waals surface area contributed by atoms with E-state index in [4.69, 9.17) is 4.98 Å². The molecule has 0 radical (unpaired) electrons. The second kappa shape index (κ2) is 8.04. The number of nitrogens with one attached hydrogen (secondary N) is 1. The molecule has 2 aliphatic rings. The molecule has 158 valence electrons. The maximum absolute atomic E-state index is 11.2. The molecule has 0 unspecified atom stereocenters. The molecule has 2 aliphatic carbocycles. The number of aliphatic carboxylic acids is 1. The van der Waals surface area contributed by atoms with Crippen LogP contribution in [0, 0.1) is 5.92 Å². The van der Waals surface area contributed by atoms with Crippen molar-refractivity contribution in [3.05, 3.63) is 30.6 Å². The molecule has 0 bridgehead atoms. The first-order valence-corrected chi connectivity index (χ1v) is 10.9. The van der Waals surface area contributed by atoms with Crippen molar-refractivity contribution in [2.24, 2.45) is 5.92 Å². The monoisotopic (exact) mass is 409 g/mol. The lowest BCUT2D eigenvalue weighted by atomic mass is 9.86. The molecule has 0 atom stereocenters. The number of hydrogen-bond donors (Lipinski definition) is 2. The third-order valence-corrected chi connectivity index (χ3v) is 6.59. The van der Waals surface area contributed by atoms with Gasteiger partial charge in [-0.3, -0.25) is 9.48 Å². The van der Waals surface area contributed by atoms with Crippen LogP contribution in [0.4, 0.5) is 11.5 Å². The van der Waals surface area contributed by atoms with Crippen LogP contribution in [0.5, 0.6) is 0 Å². The topological polar surface area (TPSA) is 110 Å². The first-order chi connectivity index (χ1) is 14.7. The average Bonchev–Trinajstić information content (AvgIpc) is 3.44. The van der Waals surface area contributed by atoms with Gasteiger partial charge < -0.3 is 10.4 Å². The molecule has 0 spiro atoms. The Labute approximate surface area is 174 Å². The van der Waals surface area contributed by atoms with Crippen LogP contribution in [0.3, 0.4) is 0 Å². The number of carboxylic acids is 1. The molecule has 3 heterocycles. The average molecular weight is 409 g/mol. The maximum atomic E-state index is 11.2. The molecule has 3 aromatic rings. The fraction of sp³-hybridized carbons (Fsp3) is 0.571. The van der Waals surface area contributed by atoms with Gasteiger partial charge in [-0.2, -0.15) is 10.2 Å². The number of nitrogens with zero attached hydrogens (tertiary/aromatic N) is 6. The summed E-state index contributed by atoms with van der Waals surface area (Å²) in [5.74, 6) is 0.268. The zero-order chi connectivity index (χ0) is 20.5. The van der Waals surface area contributed by atoms with Gasteiger partial charge in [0.15, 0.2) is 11.5 Å². The van der Waals surface area contributed by atoms with Crippen LogP contribution in [0.15, 0.2) is 24.9 Å². The van der Waals surface area contributed by atoms with Crippen LogP contribution in [-0.2, 0) is 4.79 Å². The molecular weight excluding hydrogens is 382 g/mol. The third kappa shape index (κ3) is 3.76. The molecule has 0 aromatic carbocycles. The van der Waals surface area contributed by atoms with Crippen LogP contribution in [0.2, 0.25) is 0 Å². The molecule has 5 rings (SSSR count). The van der Waals surface area contributed by atoms with E-state index in [-0.39, 0.29) is 12.0 Å². The lowest BCUT2D eigenvalue weighted by Gasteiger charge is -2.26. The quantitative estimate of drug-likeness (QED) is 0.657. The van der Waals surface area contributed by atoms with E-state index < -0.39 is 5.97 Å². The molecule has 9 heteroatoms. The van der Waals surface area contributed by atoms with Crippen LogP contribution in [-0.4, -0.2) is 40.4 Å². The number of hydrogen-bond acceptors (Lipinski definition) is 6. The Balaban J connectivity index is 1.35. The van der Waals surface area contributed by atoms with Crippen molar-refractivity contribution >= 4 is 23.1 Å². The smallest absolute Gasteiger partial charge is 0.306 e. The van der Waals surface area contributed by atoms with Crippen molar-refractivity contribution in [2.45, 2.75) is 69.7 Å². The maximum Gasteiger partial charge on any atom is 0.306 e. The molecule has 0 aliphatic heterocycles. The zero-order valence-electron chi connectivity index (χ0n) is 16.9. The van der Waals surface area contributed by atoms with E-state index in [1.165, 1.54) is 32.1 Å². The highest BCUT2D eigenvalue weighted by atomic mass is 16.4. The highest BCUT2D eigenvalue weighted by molar-refractivity contribution is 5.70. The first-order valence-electron chi connectivity index (χ1n) is 10.9. The minimum Gasteiger partial charge on any atom is -0.481 e. The largest absolute Gasteiger partial charge is 0.481 e. The summed E-state index contributed by atoms with van der Waals surface area (Å²) < 4.78 is 3.75. The van der Waals surface area contributed by atoms with Gasteiger partial charge in [0.25, 0.3) is 0 Å². The summed E-state index contributed by atoms with van der Waals surface area (Å²) in [5.41, 5.74) is 2.62. The van der Waals surface area contributed by atoms with Crippen LogP contribution in [0.25, 0.3) is 5.65 Å². The Morgan fingerprint density at radius 1 is 1.03 bits per heavy atom. The number of anilines is 2. The van der Waals surface area contributed by atoms with Gasteiger partial charge in [-0.15, -0.1) is 0 Å². The Kier molecular flexibility index (Phi) is 5.10. The van der Waals surface area contributed by atoms with E-state index in [1.54, 1.807) is 17.0 Å². The van der Waals surface area contributed by atoms with Gasteiger partial charge in [-0.25, -0.2) is 14.5 Å². The van der Waals surface area contributed by atoms with Gasteiger partial charge in [-0.1, -0.05) is 19.3 Å². The number of aromatic nitrogens is 6. The van der Waals surface area contributed by atoms with Crippen molar-refractivity contribution in [3.8, 4) is 0 Å². The summed E-state index contributed by atoms with van der Waals surface area (Å²) >= 11 is 0. The summed E-state index contributed by atoms with van der Waals surface area (Å²) in [7, 11) is 0. The van der Waals surface area contributed by atoms with E-state index in [2.05, 4.69) is 20.5 Å². The summed E-state index contributed by atoms with van der Waals surface area (Å²) in [5, 5.41) is 21.4. The lowest BCUT2D eigenvalue weighted by Crippen LogP contribution is -2.23. The third-order valence-electron chi connectivity index (χ3n) is 6.59. The van der Waals surface area contributed by atoms with E-state index in [0.29, 0.717) is 30.2 Å². The van der Waals surface area contributed by atoms with Gasteiger partial charge in [-0.05, 0) is 38.5 Å². The molecule has 9 nitrogen and oxygen atoms in total. The Hall–Kier alpha value is -2.97. The predicted octanol–water partition coefficient (Wildman–Crippen LogP) is 3.93. The number of fused-ring (bicyclic) bond motifs is 1. The van der Waals surface area contributed by atoms with Crippen LogP contribution >= 0.6 is 0 Å². The van der Waals surface area contributed by atoms with Gasteiger partial charge in [0.2, 0.25) is 0 Å². The zero-order valence-corrected chi connectivity index (χ0v) is 16.9. The van der Waals surface area contributed by atoms with Crippen molar-refractivity contribution in [2.75, 3.05) is 5.32 Å². The highest BCUT2D eigenvalue weighted by Crippen LogP contribution is 2.34. The van der Waals surface area contributed by atoms with Gasteiger partial charge in [0.05, 0.1) is 35.7 Å². The highest BCUT2D eigenvalue weighted by Gasteiger charge is 2.27. The summed E-state index contributed by atoms with van der Waals surface area (Å²) in [6.45, 7) is 0. The Morgan fingerprint density at radius 3 is 2.60 bits per heavy atom. The van der Waals surface area contributed by atoms with Gasteiger partial charge in [0.1, 0.15) is 6.33 Å². The lowest BCUT2D eigenvalue weighted by molar-refractivity contribution is -0.143. The van der Waals surface area contributed by atoms with E-state index in [0.717, 1.165) is 24.2 Å². The minimum absolute atomic E-state index is 0.220. The summed E-state index contributed by atoms with van der Waals surface area (Å²) in [6, 6.07) is 0.241. The molecule has 3 aromatic heterocycles. The second-order valence-corrected chi connectivity index (χ2v) is 8.56. The second-order valence-electron chi connectivity index (χ2n) is 8.56. The van der Waals surface area contributed by atoms with E-state index >= 15 is 0 Å². The van der Waals surface area contributed by atoms with Crippen molar-refractivity contribution in [3.63, 3.8) is 0 Å². The van der Waals surface area contributed by atoms with E-state index in [9.17, 15) is 9.90 Å². The van der Waals surface area contributed by atoms with Crippen molar-refractivity contribution < 1.29 is 9.90 Å². The summed E-state index contributed by atoms with van der Waals surface area (Å²) in [4.78, 5) is 20.5. The fourth-order valence-electron chi connectivity index (χ4n) is 4.85. The van der Waals surface area contributed by atoms with Gasteiger partial charge >= 0.3 is 5.97 Å². The standard InChI is InChI=1S/C21H27N7O2/c29-21(30)15-6-8-17(9-7-15)27-11-16(10-23-27)25-19-20-22-13-24-28(20)12-18(26-19)14-4-2-1-3-5-14/h10-15,17H,1-9H2,(H,25,26)(H,29,30)/t15-,17+. The van der Waals surface area contributed by atoms with Crippen molar-refractivity contribution in [1.29, 1.82) is 0 Å². The summed E-state index contributed by atoms with van der Waals surface area (Å²) in [6.07, 6.45) is 16.6. The Morgan fingerprint density at radius 2 is 1.83 bits per heavy atom. The minimum atomic E-state index is -0.683. The Bertz CT molecular complexity index is 1030.